The molecule has 0 saturated heterocycles. The summed E-state index contributed by atoms with van der Waals surface area (Å²) in [4.78, 5) is 11.0. The van der Waals surface area contributed by atoms with E-state index in [4.69, 9.17) is 11.6 Å². The van der Waals surface area contributed by atoms with Crippen LogP contribution in [0.1, 0.15) is 12.8 Å². The van der Waals surface area contributed by atoms with Gasteiger partial charge in [-0.25, -0.2) is 8.42 Å². The van der Waals surface area contributed by atoms with Crippen LogP contribution in [0.5, 0.6) is 0 Å². The minimum absolute atomic E-state index is 0.0353. The molecule has 114 valence electrons. The Morgan fingerprint density at radius 2 is 2.19 bits per heavy atom. The first-order valence-electron chi connectivity index (χ1n) is 5.91. The highest BCUT2D eigenvalue weighted by Crippen LogP contribution is 2.30. The Balaban J connectivity index is 2.13. The highest BCUT2D eigenvalue weighted by atomic mass is 35.5. The number of benzene rings is 1. The summed E-state index contributed by atoms with van der Waals surface area (Å²) >= 11 is 6.98. The van der Waals surface area contributed by atoms with Crippen molar-refractivity contribution in [2.75, 3.05) is 17.6 Å². The number of esters is 1. The molecular formula is C11H12ClN3O4S2. The molecule has 0 unspecified atom stereocenters. The maximum absolute atomic E-state index is 12.0. The zero-order chi connectivity index (χ0) is 15.5. The number of halogens is 1. The number of sulfonamides is 1. The zero-order valence-electron chi connectivity index (χ0n) is 11.0. The van der Waals surface area contributed by atoms with Gasteiger partial charge in [0.2, 0.25) is 10.0 Å². The lowest BCUT2D eigenvalue weighted by Gasteiger charge is -2.09. The van der Waals surface area contributed by atoms with Crippen molar-refractivity contribution in [1.29, 1.82) is 0 Å². The fourth-order valence-corrected chi connectivity index (χ4v) is 3.58. The number of ether oxygens (including phenoxy) is 1. The third-order valence-electron chi connectivity index (χ3n) is 2.66. The molecule has 7 nitrogen and oxygen atoms in total. The first kappa shape index (κ1) is 15.9. The monoisotopic (exact) mass is 349 g/mol. The van der Waals surface area contributed by atoms with Gasteiger partial charge in [0.1, 0.15) is 11.0 Å². The number of hydrogen-bond donors (Lipinski definition) is 1. The largest absolute Gasteiger partial charge is 0.469 e. The summed E-state index contributed by atoms with van der Waals surface area (Å²) in [5.41, 5.74) is 1.18. The Bertz CT molecular complexity index is 760. The summed E-state index contributed by atoms with van der Waals surface area (Å²) in [6.45, 7) is 0. The number of fused-ring (bicyclic) bond motifs is 1. The van der Waals surface area contributed by atoms with Crippen molar-refractivity contribution < 1.29 is 17.9 Å². The van der Waals surface area contributed by atoms with Gasteiger partial charge in [0.05, 0.1) is 35.3 Å². The average Bonchev–Trinajstić information content (AvgIpc) is 2.90. The normalized spacial score (nSPS) is 11.5. The second kappa shape index (κ2) is 6.54. The minimum atomic E-state index is -3.64. The third kappa shape index (κ3) is 4.02. The lowest BCUT2D eigenvalue weighted by molar-refractivity contribution is -0.140. The molecule has 1 N–H and O–H groups in total. The molecule has 1 aromatic carbocycles. The van der Waals surface area contributed by atoms with E-state index in [1.807, 2.05) is 0 Å². The van der Waals surface area contributed by atoms with Crippen LogP contribution in [0.2, 0.25) is 5.02 Å². The number of methoxy groups -OCH3 is 1. The maximum Gasteiger partial charge on any atom is 0.305 e. The number of rotatable bonds is 6. The zero-order valence-corrected chi connectivity index (χ0v) is 13.4. The summed E-state index contributed by atoms with van der Waals surface area (Å²) in [5.74, 6) is -0.666. The van der Waals surface area contributed by atoms with Gasteiger partial charge in [0, 0.05) is 6.42 Å². The molecule has 0 saturated carbocycles. The standard InChI is InChI=1S/C11H12ClN3O4S2/c1-19-9(16)3-2-6-21(17,18)15-10-7(12)4-5-8-11(10)14-20-13-8/h4-5,15H,2-3,6H2,1H3. The van der Waals surface area contributed by atoms with Crippen LogP contribution in [0.15, 0.2) is 12.1 Å². The van der Waals surface area contributed by atoms with Gasteiger partial charge in [-0.15, -0.1) is 0 Å². The van der Waals surface area contributed by atoms with Crippen LogP contribution in [0, 0.1) is 0 Å². The van der Waals surface area contributed by atoms with Crippen molar-refractivity contribution in [3.05, 3.63) is 17.2 Å². The van der Waals surface area contributed by atoms with E-state index < -0.39 is 16.0 Å². The van der Waals surface area contributed by atoms with Crippen LogP contribution < -0.4 is 4.72 Å². The Morgan fingerprint density at radius 3 is 2.90 bits per heavy atom. The molecule has 0 radical (unpaired) electrons. The van der Waals surface area contributed by atoms with Crippen molar-refractivity contribution >= 4 is 56.0 Å². The maximum atomic E-state index is 12.0. The molecule has 10 heteroatoms. The van der Waals surface area contributed by atoms with Crippen LogP contribution in [-0.2, 0) is 19.6 Å². The molecular weight excluding hydrogens is 338 g/mol. The number of anilines is 1. The molecule has 1 aromatic heterocycles. The van der Waals surface area contributed by atoms with Crippen molar-refractivity contribution in [3.63, 3.8) is 0 Å². The quantitative estimate of drug-likeness (QED) is 0.801. The van der Waals surface area contributed by atoms with E-state index in [1.54, 1.807) is 12.1 Å². The lowest BCUT2D eigenvalue weighted by Crippen LogP contribution is -2.18. The summed E-state index contributed by atoms with van der Waals surface area (Å²) in [6.07, 6.45) is 0.193. The molecule has 0 aliphatic heterocycles. The van der Waals surface area contributed by atoms with Crippen LogP contribution in [0.25, 0.3) is 11.0 Å². The average molecular weight is 350 g/mol. The van der Waals surface area contributed by atoms with Crippen LogP contribution in [-0.4, -0.2) is 36.0 Å². The summed E-state index contributed by atoms with van der Waals surface area (Å²) in [6, 6.07) is 3.22. The van der Waals surface area contributed by atoms with Crippen LogP contribution >= 0.6 is 23.3 Å². The first-order valence-corrected chi connectivity index (χ1v) is 8.67. The molecule has 0 aliphatic rings. The van der Waals surface area contributed by atoms with E-state index in [-0.39, 0.29) is 29.3 Å². The molecule has 0 fully saturated rings. The van der Waals surface area contributed by atoms with Gasteiger partial charge >= 0.3 is 5.97 Å². The van der Waals surface area contributed by atoms with E-state index in [9.17, 15) is 13.2 Å². The van der Waals surface area contributed by atoms with Crippen LogP contribution in [0.4, 0.5) is 5.69 Å². The number of hydrogen-bond acceptors (Lipinski definition) is 7. The second-order valence-electron chi connectivity index (χ2n) is 4.15. The predicted molar refractivity (Wildman–Crippen MR) is 81.1 cm³/mol. The molecule has 0 atom stereocenters. The highest BCUT2D eigenvalue weighted by molar-refractivity contribution is 7.92. The topological polar surface area (TPSA) is 98.2 Å². The molecule has 2 aromatic rings. The second-order valence-corrected chi connectivity index (χ2v) is 6.93. The van der Waals surface area contributed by atoms with Gasteiger partial charge in [-0.2, -0.15) is 8.75 Å². The molecule has 0 spiro atoms. The number of aromatic nitrogens is 2. The van der Waals surface area contributed by atoms with Gasteiger partial charge in [-0.1, -0.05) is 11.6 Å². The third-order valence-corrected chi connectivity index (χ3v) is 4.86. The van der Waals surface area contributed by atoms with E-state index in [0.717, 1.165) is 11.7 Å². The van der Waals surface area contributed by atoms with Crippen molar-refractivity contribution in [2.24, 2.45) is 0 Å². The number of nitrogens with zero attached hydrogens (tertiary/aromatic N) is 2. The van der Waals surface area contributed by atoms with Gasteiger partial charge in [-0.05, 0) is 18.6 Å². The van der Waals surface area contributed by atoms with Crippen LogP contribution in [0.3, 0.4) is 0 Å². The van der Waals surface area contributed by atoms with Crippen molar-refractivity contribution in [2.45, 2.75) is 12.8 Å². The Morgan fingerprint density at radius 1 is 1.43 bits per heavy atom. The van der Waals surface area contributed by atoms with E-state index in [0.29, 0.717) is 11.0 Å². The molecule has 2 rings (SSSR count). The van der Waals surface area contributed by atoms with E-state index in [1.165, 1.54) is 7.11 Å². The summed E-state index contributed by atoms with van der Waals surface area (Å²) < 4.78 is 39.0. The summed E-state index contributed by atoms with van der Waals surface area (Å²) in [5, 5.41) is 0.242. The fraction of sp³-hybridized carbons (Fsp3) is 0.364. The minimum Gasteiger partial charge on any atom is -0.469 e. The smallest absolute Gasteiger partial charge is 0.305 e. The molecule has 0 amide bonds. The Hall–Kier alpha value is -1.45. The fourth-order valence-electron chi connectivity index (χ4n) is 1.64. The molecule has 0 bridgehead atoms. The van der Waals surface area contributed by atoms with E-state index >= 15 is 0 Å². The summed E-state index contributed by atoms with van der Waals surface area (Å²) in [7, 11) is -2.38. The number of carbonyl (C=O) groups is 1. The molecule has 0 aliphatic carbocycles. The highest BCUT2D eigenvalue weighted by Gasteiger charge is 2.17. The Kier molecular flexibility index (Phi) is 4.96. The first-order chi connectivity index (χ1) is 9.93. The SMILES string of the molecule is COC(=O)CCCS(=O)(=O)Nc1c(Cl)ccc2nsnc12. The molecule has 21 heavy (non-hydrogen) atoms. The lowest BCUT2D eigenvalue weighted by atomic mass is 10.3. The van der Waals surface area contributed by atoms with Gasteiger partial charge in [0.25, 0.3) is 0 Å². The van der Waals surface area contributed by atoms with Crippen molar-refractivity contribution in [3.8, 4) is 0 Å². The van der Waals surface area contributed by atoms with Gasteiger partial charge in [0.15, 0.2) is 0 Å². The number of nitrogens with one attached hydrogen (secondary N) is 1. The van der Waals surface area contributed by atoms with Gasteiger partial charge in [-0.3, -0.25) is 9.52 Å². The number of carbonyl (C=O) groups excluding carboxylic acids is 1. The van der Waals surface area contributed by atoms with Crippen molar-refractivity contribution in [1.82, 2.24) is 8.75 Å². The molecule has 1 heterocycles. The predicted octanol–water partition coefficient (Wildman–Crippen LogP) is 2.04. The van der Waals surface area contributed by atoms with Gasteiger partial charge < -0.3 is 4.74 Å². The Labute approximate surface area is 130 Å². The van der Waals surface area contributed by atoms with E-state index in [2.05, 4.69) is 18.2 Å².